The van der Waals surface area contributed by atoms with Gasteiger partial charge < -0.3 is 4.74 Å². The van der Waals surface area contributed by atoms with Crippen molar-refractivity contribution in [3.63, 3.8) is 0 Å². The zero-order valence-electron chi connectivity index (χ0n) is 20.3. The van der Waals surface area contributed by atoms with Crippen LogP contribution in [0.15, 0.2) is 0 Å². The van der Waals surface area contributed by atoms with Gasteiger partial charge in [-0.1, -0.05) is 53.4 Å². The lowest BCUT2D eigenvalue weighted by atomic mass is 9.74. The van der Waals surface area contributed by atoms with Gasteiger partial charge in [0.05, 0.1) is 10.5 Å². The largest absolute Gasteiger partial charge is 0.381 e. The second-order valence-electron chi connectivity index (χ2n) is 8.99. The number of ether oxygens (including phenoxy) is 1. The molecule has 0 aliphatic rings. The highest BCUT2D eigenvalue weighted by molar-refractivity contribution is 7.90. The highest BCUT2D eigenvalue weighted by Gasteiger charge is 2.37. The molecule has 7 nitrogen and oxygen atoms in total. The van der Waals surface area contributed by atoms with Gasteiger partial charge in [-0.3, -0.25) is 0 Å². The number of sulfonamides is 2. The topological polar surface area (TPSA) is 130 Å². The molecule has 0 unspecified atom stereocenters. The second kappa shape index (κ2) is 14.8. The predicted molar refractivity (Wildman–Crippen MR) is 130 cm³/mol. The third kappa shape index (κ3) is 12.0. The average Bonchev–Trinajstić information content (AvgIpc) is 2.70. The minimum absolute atomic E-state index is 0.0686. The number of nitrogens with two attached hydrogens (primary N) is 2. The van der Waals surface area contributed by atoms with E-state index in [0.29, 0.717) is 32.3 Å². The lowest BCUT2D eigenvalue weighted by molar-refractivity contribution is 0.118. The Kier molecular flexibility index (Phi) is 14.7. The van der Waals surface area contributed by atoms with E-state index >= 15 is 0 Å². The van der Waals surface area contributed by atoms with Crippen LogP contribution in [0.2, 0.25) is 0 Å². The molecular weight excluding hydrogens is 436 g/mol. The summed E-state index contributed by atoms with van der Waals surface area (Å²) in [7, 11) is -6.90. The van der Waals surface area contributed by atoms with Gasteiger partial charge in [-0.25, -0.2) is 27.1 Å². The van der Waals surface area contributed by atoms with E-state index in [0.717, 1.165) is 64.4 Å². The van der Waals surface area contributed by atoms with Crippen LogP contribution in [0.3, 0.4) is 0 Å². The highest BCUT2D eigenvalue weighted by Crippen LogP contribution is 2.38. The van der Waals surface area contributed by atoms with Crippen LogP contribution in [0.5, 0.6) is 0 Å². The van der Waals surface area contributed by atoms with Crippen molar-refractivity contribution in [1.82, 2.24) is 0 Å². The Morgan fingerprint density at radius 2 is 1.10 bits per heavy atom. The number of rotatable bonds is 20. The first kappa shape index (κ1) is 30.8. The Morgan fingerprint density at radius 3 is 1.48 bits per heavy atom. The maximum Gasteiger partial charge on any atom is 0.214 e. The molecule has 0 aromatic carbocycles. The monoisotopic (exact) mass is 484 g/mol. The van der Waals surface area contributed by atoms with Gasteiger partial charge in [-0.15, -0.1) is 0 Å². The maximum atomic E-state index is 11.9. The van der Waals surface area contributed by atoms with Crippen molar-refractivity contribution in [3.05, 3.63) is 0 Å². The molecule has 0 aromatic rings. The zero-order valence-corrected chi connectivity index (χ0v) is 22.0. The first-order valence-corrected chi connectivity index (χ1v) is 15.3. The first-order valence-electron chi connectivity index (χ1n) is 12.0. The van der Waals surface area contributed by atoms with Gasteiger partial charge >= 0.3 is 0 Å². The van der Waals surface area contributed by atoms with Gasteiger partial charge in [-0.05, 0) is 63.2 Å². The average molecular weight is 485 g/mol. The standard InChI is InChI=1S/C22H48N2O5S2/c1-5-21(6-2,16-11-14-20-30(23,25)26)15-9-12-18-29-19-13-10-17-22(7-3,8-4)31(24,27)28/h5-20H2,1-4H3,(H2,23,25,26)(H2,24,27,28). The van der Waals surface area contributed by atoms with Crippen LogP contribution < -0.4 is 10.3 Å². The molecule has 0 fully saturated rings. The van der Waals surface area contributed by atoms with Crippen LogP contribution in [-0.4, -0.2) is 40.5 Å². The molecule has 0 aromatic heterocycles. The highest BCUT2D eigenvalue weighted by atomic mass is 32.2. The molecule has 0 heterocycles. The quantitative estimate of drug-likeness (QED) is 0.246. The van der Waals surface area contributed by atoms with E-state index in [2.05, 4.69) is 13.8 Å². The Morgan fingerprint density at radius 1 is 0.645 bits per heavy atom. The van der Waals surface area contributed by atoms with Gasteiger partial charge in [0.2, 0.25) is 20.0 Å². The molecule has 0 radical (unpaired) electrons. The Balaban J connectivity index is 4.10. The van der Waals surface area contributed by atoms with Crippen LogP contribution in [0, 0.1) is 5.41 Å². The summed E-state index contributed by atoms with van der Waals surface area (Å²) in [5, 5.41) is 10.5. The van der Waals surface area contributed by atoms with E-state index in [-0.39, 0.29) is 11.2 Å². The number of primary sulfonamides is 2. The molecule has 188 valence electrons. The number of hydrogen-bond donors (Lipinski definition) is 2. The number of hydrogen-bond acceptors (Lipinski definition) is 5. The molecule has 0 atom stereocenters. The van der Waals surface area contributed by atoms with Crippen molar-refractivity contribution in [2.24, 2.45) is 15.7 Å². The minimum Gasteiger partial charge on any atom is -0.381 e. The fraction of sp³-hybridized carbons (Fsp3) is 1.00. The van der Waals surface area contributed by atoms with E-state index < -0.39 is 24.8 Å². The Bertz CT molecular complexity index is 670. The smallest absolute Gasteiger partial charge is 0.214 e. The Labute approximate surface area is 192 Å². The molecule has 31 heavy (non-hydrogen) atoms. The fourth-order valence-corrected chi connectivity index (χ4v) is 6.33. The molecule has 0 aliphatic heterocycles. The van der Waals surface area contributed by atoms with E-state index in [1.54, 1.807) is 0 Å². The van der Waals surface area contributed by atoms with Crippen LogP contribution in [0.1, 0.15) is 111 Å². The predicted octanol–water partition coefficient (Wildman–Crippen LogP) is 4.46. The molecule has 0 amide bonds. The van der Waals surface area contributed by atoms with E-state index in [9.17, 15) is 16.8 Å². The van der Waals surface area contributed by atoms with Crippen molar-refractivity contribution in [2.75, 3.05) is 19.0 Å². The molecule has 0 rings (SSSR count). The first-order chi connectivity index (χ1) is 14.4. The SMILES string of the molecule is CCC(CC)(CCCCOCCCCC(CC)(CC)S(N)(=O)=O)CCCCS(N)(=O)=O. The van der Waals surface area contributed by atoms with Crippen LogP contribution in [0.4, 0.5) is 0 Å². The molecule has 0 saturated carbocycles. The maximum absolute atomic E-state index is 11.9. The second-order valence-corrected chi connectivity index (χ2v) is 12.7. The van der Waals surface area contributed by atoms with E-state index in [1.807, 2.05) is 13.8 Å². The molecular formula is C22H48N2O5S2. The van der Waals surface area contributed by atoms with Crippen molar-refractivity contribution >= 4 is 20.0 Å². The fourth-order valence-electron chi connectivity index (χ4n) is 4.49. The summed E-state index contributed by atoms with van der Waals surface area (Å²) in [5.41, 5.74) is 0.274. The molecule has 4 N–H and O–H groups in total. The molecule has 0 bridgehead atoms. The van der Waals surface area contributed by atoms with Crippen molar-refractivity contribution in [2.45, 2.75) is 116 Å². The molecule has 0 saturated heterocycles. The summed E-state index contributed by atoms with van der Waals surface area (Å²) in [4.78, 5) is 0. The summed E-state index contributed by atoms with van der Waals surface area (Å²) in [5.74, 6) is 0.0686. The molecule has 9 heteroatoms. The van der Waals surface area contributed by atoms with Crippen molar-refractivity contribution < 1.29 is 21.6 Å². The summed E-state index contributed by atoms with van der Waals surface area (Å²) < 4.78 is 51.0. The normalized spacial score (nSPS) is 13.6. The summed E-state index contributed by atoms with van der Waals surface area (Å²) >= 11 is 0. The van der Waals surface area contributed by atoms with Gasteiger partial charge in [0.1, 0.15) is 0 Å². The summed E-state index contributed by atoms with van der Waals surface area (Å²) in [6.07, 6.45) is 11.3. The van der Waals surface area contributed by atoms with Crippen LogP contribution in [-0.2, 0) is 24.8 Å². The third-order valence-corrected chi connectivity index (χ3v) is 10.0. The lowest BCUT2D eigenvalue weighted by Gasteiger charge is -2.32. The van der Waals surface area contributed by atoms with E-state index in [4.69, 9.17) is 15.0 Å². The summed E-state index contributed by atoms with van der Waals surface area (Å²) in [6.45, 7) is 9.57. The Hall–Kier alpha value is -0.220. The van der Waals surface area contributed by atoms with Crippen LogP contribution in [0.25, 0.3) is 0 Å². The lowest BCUT2D eigenvalue weighted by Crippen LogP contribution is -2.42. The van der Waals surface area contributed by atoms with Crippen LogP contribution >= 0.6 is 0 Å². The van der Waals surface area contributed by atoms with Gasteiger partial charge in [0.15, 0.2) is 0 Å². The van der Waals surface area contributed by atoms with Crippen molar-refractivity contribution in [3.8, 4) is 0 Å². The third-order valence-electron chi connectivity index (χ3n) is 7.20. The minimum atomic E-state index is -3.54. The van der Waals surface area contributed by atoms with Crippen molar-refractivity contribution in [1.29, 1.82) is 0 Å². The van der Waals surface area contributed by atoms with Gasteiger partial charge in [0.25, 0.3) is 0 Å². The van der Waals surface area contributed by atoms with Gasteiger partial charge in [-0.2, -0.15) is 0 Å². The summed E-state index contributed by atoms with van der Waals surface area (Å²) in [6, 6.07) is 0. The zero-order chi connectivity index (χ0) is 24.0. The van der Waals surface area contributed by atoms with Gasteiger partial charge in [0, 0.05) is 13.2 Å². The molecule has 0 aliphatic carbocycles. The molecule has 0 spiro atoms. The number of unbranched alkanes of at least 4 members (excludes halogenated alkanes) is 3. The van der Waals surface area contributed by atoms with E-state index in [1.165, 1.54) is 0 Å².